The van der Waals surface area contributed by atoms with Crippen LogP contribution in [-0.4, -0.2) is 26.8 Å². The Balaban J connectivity index is 1.75. The van der Waals surface area contributed by atoms with E-state index in [9.17, 15) is 9.59 Å². The van der Waals surface area contributed by atoms with Crippen molar-refractivity contribution in [1.82, 2.24) is 14.9 Å². The Bertz CT molecular complexity index is 855. The van der Waals surface area contributed by atoms with Crippen LogP contribution in [0.15, 0.2) is 29.1 Å². The summed E-state index contributed by atoms with van der Waals surface area (Å²) in [6.45, 7) is 6.48. The second-order valence-corrected chi connectivity index (χ2v) is 8.03. The van der Waals surface area contributed by atoms with Gasteiger partial charge in [0, 0.05) is 30.4 Å². The molecule has 0 unspecified atom stereocenters. The van der Waals surface area contributed by atoms with Crippen LogP contribution in [0.3, 0.4) is 0 Å². The first kappa shape index (κ1) is 20.3. The molecule has 1 aromatic carbocycles. The summed E-state index contributed by atoms with van der Waals surface area (Å²) in [6.07, 6.45) is 6.90. The lowest BCUT2D eigenvalue weighted by molar-refractivity contribution is -0.135. The summed E-state index contributed by atoms with van der Waals surface area (Å²) >= 11 is 0. The Kier molecular flexibility index (Phi) is 6.65. The molecule has 0 bridgehead atoms. The van der Waals surface area contributed by atoms with Crippen molar-refractivity contribution in [3.63, 3.8) is 0 Å². The molecule has 1 amide bonds. The molecule has 1 fully saturated rings. The highest BCUT2D eigenvalue weighted by Gasteiger charge is 2.25. The van der Waals surface area contributed by atoms with Crippen LogP contribution in [0.2, 0.25) is 0 Å². The third kappa shape index (κ3) is 5.09. The number of aromatic amines is 1. The van der Waals surface area contributed by atoms with E-state index >= 15 is 0 Å². The van der Waals surface area contributed by atoms with Gasteiger partial charge in [-0.3, -0.25) is 4.79 Å². The molecule has 1 N–H and O–H groups in total. The monoisotopic (exact) mass is 381 g/mol. The number of benzene rings is 1. The number of H-pyrrole nitrogens is 1. The Morgan fingerprint density at radius 2 is 1.93 bits per heavy atom. The van der Waals surface area contributed by atoms with E-state index in [0.29, 0.717) is 25.4 Å². The zero-order chi connectivity index (χ0) is 20.1. The van der Waals surface area contributed by atoms with Gasteiger partial charge in [0.25, 0.3) is 0 Å². The fourth-order valence-electron chi connectivity index (χ4n) is 4.32. The van der Waals surface area contributed by atoms with E-state index in [4.69, 9.17) is 0 Å². The lowest BCUT2D eigenvalue weighted by Crippen LogP contribution is -2.41. The number of nitrogens with one attached hydrogen (secondary N) is 1. The SMILES string of the molecule is Cc1cccc(CN(C(=O)CCc2c(C)nc(=O)[nH]c2C)C2CCCCC2)c1. The van der Waals surface area contributed by atoms with Crippen molar-refractivity contribution in [1.29, 1.82) is 0 Å². The number of amides is 1. The second kappa shape index (κ2) is 9.18. The predicted octanol–water partition coefficient (Wildman–Crippen LogP) is 3.99. The summed E-state index contributed by atoms with van der Waals surface area (Å²) < 4.78 is 0. The highest BCUT2D eigenvalue weighted by Crippen LogP contribution is 2.25. The van der Waals surface area contributed by atoms with Gasteiger partial charge in [0.05, 0.1) is 0 Å². The molecule has 1 heterocycles. The van der Waals surface area contributed by atoms with E-state index in [0.717, 1.165) is 29.8 Å². The fraction of sp³-hybridized carbons (Fsp3) is 0.522. The van der Waals surface area contributed by atoms with Gasteiger partial charge in [-0.15, -0.1) is 0 Å². The summed E-state index contributed by atoms with van der Waals surface area (Å²) in [6, 6.07) is 8.76. The van der Waals surface area contributed by atoms with Crippen LogP contribution in [0, 0.1) is 20.8 Å². The molecule has 1 saturated carbocycles. The van der Waals surface area contributed by atoms with Gasteiger partial charge < -0.3 is 9.88 Å². The van der Waals surface area contributed by atoms with Crippen molar-refractivity contribution in [2.24, 2.45) is 0 Å². The smallest absolute Gasteiger partial charge is 0.335 e. The van der Waals surface area contributed by atoms with Gasteiger partial charge in [0.1, 0.15) is 0 Å². The van der Waals surface area contributed by atoms with Crippen LogP contribution in [-0.2, 0) is 17.8 Å². The summed E-state index contributed by atoms with van der Waals surface area (Å²) in [5.41, 5.74) is 4.60. The van der Waals surface area contributed by atoms with Gasteiger partial charge >= 0.3 is 5.69 Å². The molecule has 5 nitrogen and oxygen atoms in total. The lowest BCUT2D eigenvalue weighted by atomic mass is 9.93. The van der Waals surface area contributed by atoms with Crippen molar-refractivity contribution in [3.05, 3.63) is 62.8 Å². The summed E-state index contributed by atoms with van der Waals surface area (Å²) in [5.74, 6) is 0.193. The van der Waals surface area contributed by atoms with E-state index in [1.165, 1.54) is 30.4 Å². The van der Waals surface area contributed by atoms with Gasteiger partial charge in [-0.2, -0.15) is 4.98 Å². The summed E-state index contributed by atoms with van der Waals surface area (Å²) in [4.78, 5) is 33.6. The van der Waals surface area contributed by atoms with Crippen molar-refractivity contribution in [2.45, 2.75) is 78.3 Å². The van der Waals surface area contributed by atoms with Crippen LogP contribution in [0.5, 0.6) is 0 Å². The minimum atomic E-state index is -0.326. The third-order valence-electron chi connectivity index (χ3n) is 5.81. The molecule has 1 aliphatic rings. The molecule has 1 aromatic heterocycles. The standard InChI is InChI=1S/C23H31N3O2/c1-16-8-7-9-19(14-16)15-26(20-10-5-4-6-11-20)22(27)13-12-21-17(2)24-23(28)25-18(21)3/h7-9,14,20H,4-6,10-13,15H2,1-3H3,(H,24,25,28). The van der Waals surface area contributed by atoms with Crippen LogP contribution in [0.4, 0.5) is 0 Å². The molecule has 3 rings (SSSR count). The highest BCUT2D eigenvalue weighted by atomic mass is 16.2. The van der Waals surface area contributed by atoms with E-state index in [2.05, 4.69) is 46.1 Å². The summed E-state index contributed by atoms with van der Waals surface area (Å²) in [5, 5.41) is 0. The van der Waals surface area contributed by atoms with Crippen LogP contribution in [0.1, 0.15) is 66.6 Å². The van der Waals surface area contributed by atoms with Gasteiger partial charge in [-0.05, 0) is 51.2 Å². The largest absolute Gasteiger partial charge is 0.345 e. The molecule has 0 saturated heterocycles. The number of hydrogen-bond acceptors (Lipinski definition) is 3. The molecular formula is C23H31N3O2. The summed E-state index contributed by atoms with van der Waals surface area (Å²) in [7, 11) is 0. The predicted molar refractivity (Wildman–Crippen MR) is 111 cm³/mol. The van der Waals surface area contributed by atoms with Crippen LogP contribution < -0.4 is 5.69 Å². The van der Waals surface area contributed by atoms with Gasteiger partial charge in [0.15, 0.2) is 0 Å². The number of aryl methyl sites for hydroxylation is 3. The van der Waals surface area contributed by atoms with E-state index in [1.807, 2.05) is 13.8 Å². The minimum Gasteiger partial charge on any atom is -0.335 e. The number of carbonyl (C=O) groups is 1. The lowest BCUT2D eigenvalue weighted by Gasteiger charge is -2.35. The first-order chi connectivity index (χ1) is 13.4. The van der Waals surface area contributed by atoms with Gasteiger partial charge in [-0.1, -0.05) is 49.1 Å². The first-order valence-electron chi connectivity index (χ1n) is 10.4. The van der Waals surface area contributed by atoms with Crippen molar-refractivity contribution < 1.29 is 4.79 Å². The van der Waals surface area contributed by atoms with Crippen molar-refractivity contribution >= 4 is 5.91 Å². The fourth-order valence-corrected chi connectivity index (χ4v) is 4.32. The zero-order valence-corrected chi connectivity index (χ0v) is 17.3. The molecule has 0 aliphatic heterocycles. The number of nitrogens with zero attached hydrogens (tertiary/aromatic N) is 2. The minimum absolute atomic E-state index is 0.193. The van der Waals surface area contributed by atoms with Gasteiger partial charge in [0.2, 0.25) is 5.91 Å². The number of aromatic nitrogens is 2. The van der Waals surface area contributed by atoms with Gasteiger partial charge in [-0.25, -0.2) is 4.79 Å². The van der Waals surface area contributed by atoms with E-state index in [1.54, 1.807) is 0 Å². The van der Waals surface area contributed by atoms with Crippen molar-refractivity contribution in [3.8, 4) is 0 Å². The van der Waals surface area contributed by atoms with Crippen LogP contribution >= 0.6 is 0 Å². The maximum absolute atomic E-state index is 13.2. The number of hydrogen-bond donors (Lipinski definition) is 1. The highest BCUT2D eigenvalue weighted by molar-refractivity contribution is 5.77. The molecular weight excluding hydrogens is 350 g/mol. The molecule has 150 valence electrons. The number of carbonyl (C=O) groups excluding carboxylic acids is 1. The van der Waals surface area contributed by atoms with E-state index < -0.39 is 0 Å². The normalized spacial score (nSPS) is 14.8. The molecule has 2 aromatic rings. The first-order valence-corrected chi connectivity index (χ1v) is 10.4. The topological polar surface area (TPSA) is 66.1 Å². The average Bonchev–Trinajstić information content (AvgIpc) is 2.66. The maximum Gasteiger partial charge on any atom is 0.345 e. The van der Waals surface area contributed by atoms with Crippen molar-refractivity contribution in [2.75, 3.05) is 0 Å². The zero-order valence-electron chi connectivity index (χ0n) is 17.3. The molecule has 1 aliphatic carbocycles. The quantitative estimate of drug-likeness (QED) is 0.823. The Labute approximate surface area is 167 Å². The van der Waals surface area contributed by atoms with E-state index in [-0.39, 0.29) is 11.6 Å². The third-order valence-corrected chi connectivity index (χ3v) is 5.81. The second-order valence-electron chi connectivity index (χ2n) is 8.03. The Morgan fingerprint density at radius 3 is 2.61 bits per heavy atom. The Hall–Kier alpha value is -2.43. The average molecular weight is 382 g/mol. The molecule has 0 radical (unpaired) electrons. The molecule has 0 spiro atoms. The number of rotatable bonds is 6. The maximum atomic E-state index is 13.2. The Morgan fingerprint density at radius 1 is 1.18 bits per heavy atom. The molecule has 0 atom stereocenters. The molecule has 28 heavy (non-hydrogen) atoms. The molecule has 5 heteroatoms. The van der Waals surface area contributed by atoms with Crippen LogP contribution in [0.25, 0.3) is 0 Å².